The molecule has 21 heavy (non-hydrogen) atoms. The summed E-state index contributed by atoms with van der Waals surface area (Å²) in [6.07, 6.45) is 4.32. The smallest absolute Gasteiger partial charge is 0.316 e. The van der Waals surface area contributed by atoms with E-state index in [1.54, 1.807) is 0 Å². The Balaban J connectivity index is 1.68. The van der Waals surface area contributed by atoms with Crippen molar-refractivity contribution in [3.05, 3.63) is 35.9 Å². The third kappa shape index (κ3) is 2.83. The van der Waals surface area contributed by atoms with Gasteiger partial charge < -0.3 is 9.84 Å². The number of esters is 1. The molecule has 0 aliphatic carbocycles. The van der Waals surface area contributed by atoms with Crippen molar-refractivity contribution < 1.29 is 14.6 Å². The molecule has 1 aromatic carbocycles. The second-order valence-corrected chi connectivity index (χ2v) is 6.16. The number of carbonyl (C=O) groups is 1. The van der Waals surface area contributed by atoms with Crippen LogP contribution in [0.5, 0.6) is 0 Å². The molecule has 2 bridgehead atoms. The lowest BCUT2D eigenvalue weighted by Gasteiger charge is -2.37. The van der Waals surface area contributed by atoms with Crippen molar-refractivity contribution in [2.75, 3.05) is 13.7 Å². The van der Waals surface area contributed by atoms with E-state index < -0.39 is 5.92 Å². The lowest BCUT2D eigenvalue weighted by Crippen LogP contribution is -2.47. The number of piperidine rings is 1. The van der Waals surface area contributed by atoms with Gasteiger partial charge in [0.1, 0.15) is 12.0 Å². The molecule has 1 N–H and O–H groups in total. The minimum Gasteiger partial charge on any atom is -0.460 e. The summed E-state index contributed by atoms with van der Waals surface area (Å²) in [5.74, 6) is -0.872. The van der Waals surface area contributed by atoms with Gasteiger partial charge in [-0.2, -0.15) is 0 Å². The maximum Gasteiger partial charge on any atom is 0.316 e. The molecule has 0 radical (unpaired) electrons. The monoisotopic (exact) mass is 289 g/mol. The normalized spacial score (nSPS) is 30.1. The molecule has 0 spiro atoms. The van der Waals surface area contributed by atoms with Crippen molar-refractivity contribution in [3.63, 3.8) is 0 Å². The van der Waals surface area contributed by atoms with Crippen LogP contribution in [-0.2, 0) is 9.53 Å². The quantitative estimate of drug-likeness (QED) is 0.861. The summed E-state index contributed by atoms with van der Waals surface area (Å²) in [7, 11) is 2.13. The summed E-state index contributed by atoms with van der Waals surface area (Å²) in [5, 5.41) is 9.55. The Morgan fingerprint density at radius 2 is 2.00 bits per heavy atom. The number of benzene rings is 1. The predicted octanol–water partition coefficient (Wildman–Crippen LogP) is 1.93. The van der Waals surface area contributed by atoms with Crippen LogP contribution in [0.25, 0.3) is 0 Å². The van der Waals surface area contributed by atoms with Gasteiger partial charge in [-0.3, -0.25) is 9.69 Å². The van der Waals surface area contributed by atoms with E-state index in [1.165, 1.54) is 6.42 Å². The first-order chi connectivity index (χ1) is 10.2. The standard InChI is InChI=1S/C17H23NO3/c1-18-13-7-9-15(18)16(10-8-13)21-17(20)14(11-19)12-5-3-2-4-6-12/h2-6,13-16,19H,7-11H2,1H3/t13?,14?,15?,16-/m1/s1. The highest BCUT2D eigenvalue weighted by Gasteiger charge is 2.42. The molecule has 2 heterocycles. The zero-order chi connectivity index (χ0) is 14.8. The molecule has 0 saturated carbocycles. The number of rotatable bonds is 4. The van der Waals surface area contributed by atoms with Crippen LogP contribution in [0.2, 0.25) is 0 Å². The number of nitrogens with zero attached hydrogens (tertiary/aromatic N) is 1. The molecule has 4 heteroatoms. The van der Waals surface area contributed by atoms with Crippen molar-refractivity contribution in [2.24, 2.45) is 0 Å². The molecule has 2 saturated heterocycles. The topological polar surface area (TPSA) is 49.8 Å². The van der Waals surface area contributed by atoms with Crippen LogP contribution < -0.4 is 0 Å². The van der Waals surface area contributed by atoms with Crippen molar-refractivity contribution >= 4 is 5.97 Å². The van der Waals surface area contributed by atoms with E-state index in [1.807, 2.05) is 30.3 Å². The van der Waals surface area contributed by atoms with E-state index in [9.17, 15) is 9.90 Å². The summed E-state index contributed by atoms with van der Waals surface area (Å²) >= 11 is 0. The number of carbonyl (C=O) groups excluding carboxylic acids is 1. The van der Waals surface area contributed by atoms with E-state index in [-0.39, 0.29) is 18.7 Å². The molecular weight excluding hydrogens is 266 g/mol. The van der Waals surface area contributed by atoms with Crippen LogP contribution >= 0.6 is 0 Å². The van der Waals surface area contributed by atoms with Crippen molar-refractivity contribution in [3.8, 4) is 0 Å². The Bertz CT molecular complexity index is 490. The number of fused-ring (bicyclic) bond motifs is 2. The zero-order valence-electron chi connectivity index (χ0n) is 12.4. The van der Waals surface area contributed by atoms with Crippen molar-refractivity contribution in [1.29, 1.82) is 0 Å². The Kier molecular flexibility index (Phi) is 4.27. The number of likely N-dealkylation sites (N-methyl/N-ethyl adjacent to an activating group) is 1. The average molecular weight is 289 g/mol. The first-order valence-corrected chi connectivity index (χ1v) is 7.79. The van der Waals surface area contributed by atoms with E-state index in [2.05, 4.69) is 11.9 Å². The molecule has 3 unspecified atom stereocenters. The van der Waals surface area contributed by atoms with Gasteiger partial charge in [0.25, 0.3) is 0 Å². The van der Waals surface area contributed by atoms with E-state index in [4.69, 9.17) is 4.74 Å². The highest BCUT2D eigenvalue weighted by Crippen LogP contribution is 2.36. The third-order valence-corrected chi connectivity index (χ3v) is 5.04. The Labute approximate surface area is 125 Å². The molecule has 1 aromatic rings. The van der Waals surface area contributed by atoms with Crippen LogP contribution in [0.4, 0.5) is 0 Å². The van der Waals surface area contributed by atoms with Crippen LogP contribution in [0, 0.1) is 0 Å². The van der Waals surface area contributed by atoms with Crippen LogP contribution in [0.1, 0.15) is 37.2 Å². The molecule has 2 fully saturated rings. The summed E-state index contributed by atoms with van der Waals surface area (Å²) in [5.41, 5.74) is 0.818. The van der Waals surface area contributed by atoms with Gasteiger partial charge in [0.05, 0.1) is 6.61 Å². The molecule has 2 aliphatic heterocycles. The molecule has 0 aromatic heterocycles. The third-order valence-electron chi connectivity index (χ3n) is 5.04. The highest BCUT2D eigenvalue weighted by molar-refractivity contribution is 5.78. The number of hydrogen-bond donors (Lipinski definition) is 1. The van der Waals surface area contributed by atoms with E-state index in [0.717, 1.165) is 24.8 Å². The molecule has 114 valence electrons. The molecule has 4 nitrogen and oxygen atoms in total. The largest absolute Gasteiger partial charge is 0.460 e. The van der Waals surface area contributed by atoms with Gasteiger partial charge in [-0.15, -0.1) is 0 Å². The van der Waals surface area contributed by atoms with Gasteiger partial charge >= 0.3 is 5.97 Å². The Morgan fingerprint density at radius 3 is 2.71 bits per heavy atom. The summed E-state index contributed by atoms with van der Waals surface area (Å²) in [4.78, 5) is 14.8. The van der Waals surface area contributed by atoms with Crippen molar-refractivity contribution in [2.45, 2.75) is 49.8 Å². The molecule has 3 rings (SSSR count). The van der Waals surface area contributed by atoms with Gasteiger partial charge in [-0.05, 0) is 38.3 Å². The Morgan fingerprint density at radius 1 is 1.29 bits per heavy atom. The summed E-state index contributed by atoms with van der Waals surface area (Å²) < 4.78 is 5.76. The second kappa shape index (κ2) is 6.16. The number of aliphatic hydroxyl groups is 1. The minimum absolute atomic E-state index is 0.0287. The fourth-order valence-corrected chi connectivity index (χ4v) is 3.76. The van der Waals surface area contributed by atoms with Gasteiger partial charge in [0.15, 0.2) is 0 Å². The summed E-state index contributed by atoms with van der Waals surface area (Å²) in [6.45, 7) is -0.210. The summed E-state index contributed by atoms with van der Waals surface area (Å²) in [6, 6.07) is 10.4. The fourth-order valence-electron chi connectivity index (χ4n) is 3.76. The van der Waals surface area contributed by atoms with E-state index in [0.29, 0.717) is 12.1 Å². The van der Waals surface area contributed by atoms with Crippen molar-refractivity contribution in [1.82, 2.24) is 4.90 Å². The van der Waals surface area contributed by atoms with Gasteiger partial charge in [-0.25, -0.2) is 0 Å². The first-order valence-electron chi connectivity index (χ1n) is 7.79. The average Bonchev–Trinajstić information content (AvgIpc) is 2.73. The number of aliphatic hydroxyl groups excluding tert-OH is 1. The van der Waals surface area contributed by atoms with Crippen LogP contribution in [-0.4, -0.2) is 47.8 Å². The number of hydrogen-bond acceptors (Lipinski definition) is 4. The molecular formula is C17H23NO3. The van der Waals surface area contributed by atoms with Gasteiger partial charge in [0.2, 0.25) is 0 Å². The maximum absolute atomic E-state index is 12.4. The molecule has 4 atom stereocenters. The first kappa shape index (κ1) is 14.5. The van der Waals surface area contributed by atoms with E-state index >= 15 is 0 Å². The van der Waals surface area contributed by atoms with Gasteiger partial charge in [0, 0.05) is 12.1 Å². The fraction of sp³-hybridized carbons (Fsp3) is 0.588. The zero-order valence-corrected chi connectivity index (χ0v) is 12.4. The maximum atomic E-state index is 12.4. The minimum atomic E-state index is -0.573. The van der Waals surface area contributed by atoms with Crippen LogP contribution in [0.15, 0.2) is 30.3 Å². The second-order valence-electron chi connectivity index (χ2n) is 6.16. The van der Waals surface area contributed by atoms with Gasteiger partial charge in [-0.1, -0.05) is 30.3 Å². The SMILES string of the molecule is CN1C2CCC1[C@H](OC(=O)C(CO)c1ccccc1)CC2. The Hall–Kier alpha value is -1.39. The highest BCUT2D eigenvalue weighted by atomic mass is 16.5. The lowest BCUT2D eigenvalue weighted by molar-refractivity contribution is -0.157. The number of ether oxygens (including phenoxy) is 1. The van der Waals surface area contributed by atoms with Crippen LogP contribution in [0.3, 0.4) is 0 Å². The lowest BCUT2D eigenvalue weighted by atomic mass is 9.98. The molecule has 0 amide bonds. The predicted molar refractivity (Wildman–Crippen MR) is 80.0 cm³/mol. The molecule has 2 aliphatic rings.